The van der Waals surface area contributed by atoms with Gasteiger partial charge in [0.15, 0.2) is 0 Å². The van der Waals surface area contributed by atoms with Crippen LogP contribution in [0.5, 0.6) is 0 Å². The molecule has 8 nitrogen and oxygen atoms in total. The number of morpholine rings is 1. The van der Waals surface area contributed by atoms with Crippen molar-refractivity contribution in [2.75, 3.05) is 58.4 Å². The van der Waals surface area contributed by atoms with E-state index in [1.807, 2.05) is 14.1 Å². The molecule has 0 aromatic carbocycles. The topological polar surface area (TPSA) is 83.1 Å². The van der Waals surface area contributed by atoms with Crippen LogP contribution in [0, 0.1) is 0 Å². The predicted octanol–water partition coefficient (Wildman–Crippen LogP) is 0.414. The van der Waals surface area contributed by atoms with Gasteiger partial charge in [-0.3, -0.25) is 4.79 Å². The van der Waals surface area contributed by atoms with Gasteiger partial charge in [0, 0.05) is 46.5 Å². The van der Waals surface area contributed by atoms with Gasteiger partial charge in [0.2, 0.25) is 10.0 Å². The van der Waals surface area contributed by atoms with E-state index in [9.17, 15) is 13.2 Å². The number of anilines is 1. The second-order valence-electron chi connectivity index (χ2n) is 6.84. The number of hydrogen-bond donors (Lipinski definition) is 0. The Morgan fingerprint density at radius 2 is 2.00 bits per heavy atom. The van der Waals surface area contributed by atoms with Crippen molar-refractivity contribution in [3.8, 4) is 0 Å². The lowest BCUT2D eigenvalue weighted by molar-refractivity contribution is 0.0686. The first kappa shape index (κ1) is 19.1. The number of carbonyl (C=O) groups excluding carboxylic acids is 1. The summed E-state index contributed by atoms with van der Waals surface area (Å²) >= 11 is 0. The molecule has 1 amide bonds. The summed E-state index contributed by atoms with van der Waals surface area (Å²) in [5.41, 5.74) is 0.502. The Morgan fingerprint density at radius 3 is 2.69 bits per heavy atom. The Bertz CT molecular complexity index is 747. The SMILES string of the molecule is CN(C)c1ncccc1C(=O)N1CCCC(S(=O)(=O)N2CCOCC2)C1. The summed E-state index contributed by atoms with van der Waals surface area (Å²) in [5, 5.41) is -0.558. The molecule has 1 aromatic rings. The number of ether oxygens (including phenoxy) is 1. The summed E-state index contributed by atoms with van der Waals surface area (Å²) in [6.07, 6.45) is 2.91. The minimum absolute atomic E-state index is 0.163. The highest BCUT2D eigenvalue weighted by Crippen LogP contribution is 2.24. The van der Waals surface area contributed by atoms with E-state index in [0.29, 0.717) is 57.1 Å². The fourth-order valence-corrected chi connectivity index (χ4v) is 5.38. The van der Waals surface area contributed by atoms with Crippen LogP contribution in [0.15, 0.2) is 18.3 Å². The van der Waals surface area contributed by atoms with Crippen LogP contribution >= 0.6 is 0 Å². The molecule has 0 N–H and O–H groups in total. The normalized spacial score (nSPS) is 22.2. The van der Waals surface area contributed by atoms with Crippen molar-refractivity contribution in [3.63, 3.8) is 0 Å². The van der Waals surface area contributed by atoms with Crippen molar-refractivity contribution in [1.29, 1.82) is 0 Å². The monoisotopic (exact) mass is 382 g/mol. The van der Waals surface area contributed by atoms with Gasteiger partial charge in [-0.25, -0.2) is 13.4 Å². The van der Waals surface area contributed by atoms with Crippen molar-refractivity contribution in [1.82, 2.24) is 14.2 Å². The van der Waals surface area contributed by atoms with Gasteiger partial charge < -0.3 is 14.5 Å². The van der Waals surface area contributed by atoms with Gasteiger partial charge in [-0.05, 0) is 25.0 Å². The lowest BCUT2D eigenvalue weighted by Crippen LogP contribution is -2.51. The molecule has 3 rings (SSSR count). The molecule has 2 fully saturated rings. The molecule has 9 heteroatoms. The van der Waals surface area contributed by atoms with E-state index in [1.165, 1.54) is 4.31 Å². The Hall–Kier alpha value is -1.71. The Kier molecular flexibility index (Phi) is 5.79. The Labute approximate surface area is 154 Å². The van der Waals surface area contributed by atoms with Gasteiger partial charge in [-0.15, -0.1) is 0 Å². The second kappa shape index (κ2) is 7.89. The molecule has 0 aliphatic carbocycles. The molecule has 0 saturated carbocycles. The zero-order valence-electron chi connectivity index (χ0n) is 15.3. The average molecular weight is 382 g/mol. The standard InChI is InChI=1S/C17H26N4O4S/c1-19(2)16-15(6-3-7-18-16)17(22)20-8-4-5-14(13-20)26(23,24)21-9-11-25-12-10-21/h3,6-7,14H,4-5,8-13H2,1-2H3. The van der Waals surface area contributed by atoms with Gasteiger partial charge >= 0.3 is 0 Å². The molecular formula is C17H26N4O4S. The van der Waals surface area contributed by atoms with E-state index in [4.69, 9.17) is 4.74 Å². The number of likely N-dealkylation sites (tertiary alicyclic amines) is 1. The second-order valence-corrected chi connectivity index (χ2v) is 9.05. The van der Waals surface area contributed by atoms with Crippen molar-refractivity contribution >= 4 is 21.7 Å². The van der Waals surface area contributed by atoms with Crippen molar-refractivity contribution in [2.45, 2.75) is 18.1 Å². The van der Waals surface area contributed by atoms with E-state index < -0.39 is 15.3 Å². The molecule has 1 unspecified atom stereocenters. The number of nitrogens with zero attached hydrogens (tertiary/aromatic N) is 4. The van der Waals surface area contributed by atoms with Crippen LogP contribution < -0.4 is 4.90 Å². The molecule has 2 aliphatic rings. The lowest BCUT2D eigenvalue weighted by Gasteiger charge is -2.36. The average Bonchev–Trinajstić information content (AvgIpc) is 2.68. The molecule has 2 saturated heterocycles. The smallest absolute Gasteiger partial charge is 0.257 e. The maximum Gasteiger partial charge on any atom is 0.257 e. The summed E-state index contributed by atoms with van der Waals surface area (Å²) in [7, 11) is 0.242. The zero-order chi connectivity index (χ0) is 18.7. The Balaban J connectivity index is 1.77. The number of sulfonamides is 1. The van der Waals surface area contributed by atoms with E-state index in [2.05, 4.69) is 4.98 Å². The molecule has 26 heavy (non-hydrogen) atoms. The number of piperidine rings is 1. The summed E-state index contributed by atoms with van der Waals surface area (Å²) < 4.78 is 32.6. The highest BCUT2D eigenvalue weighted by molar-refractivity contribution is 7.89. The summed E-state index contributed by atoms with van der Waals surface area (Å²) in [6.45, 7) is 2.42. The number of amides is 1. The molecule has 1 aromatic heterocycles. The number of aromatic nitrogens is 1. The molecule has 0 radical (unpaired) electrons. The van der Waals surface area contributed by atoms with Gasteiger partial charge in [0.1, 0.15) is 5.82 Å². The van der Waals surface area contributed by atoms with Crippen molar-refractivity contribution in [2.24, 2.45) is 0 Å². The zero-order valence-corrected chi connectivity index (χ0v) is 16.1. The highest BCUT2D eigenvalue weighted by atomic mass is 32.2. The van der Waals surface area contributed by atoms with Gasteiger partial charge in [-0.2, -0.15) is 4.31 Å². The van der Waals surface area contributed by atoms with Crippen LogP contribution in [0.1, 0.15) is 23.2 Å². The summed E-state index contributed by atoms with van der Waals surface area (Å²) in [4.78, 5) is 20.7. The van der Waals surface area contributed by atoms with E-state index in [0.717, 1.165) is 0 Å². The minimum Gasteiger partial charge on any atom is -0.379 e. The van der Waals surface area contributed by atoms with Crippen LogP contribution in [0.25, 0.3) is 0 Å². The lowest BCUT2D eigenvalue weighted by atomic mass is 10.1. The fourth-order valence-electron chi connectivity index (χ4n) is 3.47. The summed E-state index contributed by atoms with van der Waals surface area (Å²) in [6, 6.07) is 3.47. The molecule has 0 spiro atoms. The largest absolute Gasteiger partial charge is 0.379 e. The molecule has 0 bridgehead atoms. The molecule has 144 valence electrons. The predicted molar refractivity (Wildman–Crippen MR) is 98.8 cm³/mol. The van der Waals surface area contributed by atoms with Gasteiger partial charge in [0.25, 0.3) is 5.91 Å². The van der Waals surface area contributed by atoms with Crippen molar-refractivity contribution in [3.05, 3.63) is 23.9 Å². The minimum atomic E-state index is -3.43. The highest BCUT2D eigenvalue weighted by Gasteiger charge is 2.37. The van der Waals surface area contributed by atoms with E-state index in [-0.39, 0.29) is 12.5 Å². The van der Waals surface area contributed by atoms with Crippen LogP contribution in [-0.4, -0.2) is 87.3 Å². The number of rotatable bonds is 4. The first-order valence-electron chi connectivity index (χ1n) is 8.89. The third kappa shape index (κ3) is 3.84. The number of pyridine rings is 1. The van der Waals surface area contributed by atoms with Crippen LogP contribution in [0.3, 0.4) is 0 Å². The van der Waals surface area contributed by atoms with Crippen molar-refractivity contribution < 1.29 is 17.9 Å². The van der Waals surface area contributed by atoms with E-state index >= 15 is 0 Å². The van der Waals surface area contributed by atoms with Crippen LogP contribution in [0.2, 0.25) is 0 Å². The molecule has 1 atom stereocenters. The van der Waals surface area contributed by atoms with Crippen LogP contribution in [0.4, 0.5) is 5.82 Å². The third-order valence-corrected chi connectivity index (χ3v) is 7.17. The Morgan fingerprint density at radius 1 is 1.27 bits per heavy atom. The fraction of sp³-hybridized carbons (Fsp3) is 0.647. The third-order valence-electron chi connectivity index (χ3n) is 4.86. The van der Waals surface area contributed by atoms with Gasteiger partial charge in [-0.1, -0.05) is 0 Å². The quantitative estimate of drug-likeness (QED) is 0.750. The van der Waals surface area contributed by atoms with Crippen LogP contribution in [-0.2, 0) is 14.8 Å². The molecule has 2 aliphatic heterocycles. The number of carbonyl (C=O) groups is 1. The number of hydrogen-bond acceptors (Lipinski definition) is 6. The maximum absolute atomic E-state index is 13.0. The molecule has 3 heterocycles. The first-order chi connectivity index (χ1) is 12.4. The van der Waals surface area contributed by atoms with Gasteiger partial charge in [0.05, 0.1) is 24.0 Å². The summed E-state index contributed by atoms with van der Waals surface area (Å²) in [5.74, 6) is 0.430. The van der Waals surface area contributed by atoms with E-state index in [1.54, 1.807) is 28.1 Å². The first-order valence-corrected chi connectivity index (χ1v) is 10.4. The maximum atomic E-state index is 13.0. The molecular weight excluding hydrogens is 356 g/mol.